The van der Waals surface area contributed by atoms with Gasteiger partial charge < -0.3 is 10.1 Å². The first-order valence-corrected chi connectivity index (χ1v) is 7.02. The van der Waals surface area contributed by atoms with E-state index in [2.05, 4.69) is 5.32 Å². The first-order chi connectivity index (χ1) is 11.1. The third kappa shape index (κ3) is 3.76. The van der Waals surface area contributed by atoms with E-state index in [0.717, 1.165) is 0 Å². The van der Waals surface area contributed by atoms with E-state index < -0.39 is 11.0 Å². The topological polar surface area (TPSA) is 84.7 Å². The molecule has 0 bridgehead atoms. The van der Waals surface area contributed by atoms with Crippen LogP contribution in [-0.2, 0) is 0 Å². The van der Waals surface area contributed by atoms with E-state index in [-0.39, 0.29) is 5.69 Å². The van der Waals surface area contributed by atoms with E-state index in [9.17, 15) is 14.9 Å². The molecule has 0 atom stereocenters. The van der Waals surface area contributed by atoms with Crippen molar-refractivity contribution in [2.45, 2.75) is 6.92 Å². The molecule has 120 valence electrons. The van der Waals surface area contributed by atoms with Gasteiger partial charge in [0, 0.05) is 24.4 Å². The Labute approximate surface area is 133 Å². The standard InChI is InChI=1S/C16H17N3O4/c1-3-18(14-9-4-5-10-15(14)23-2)16(20)17-12-7-6-8-13(11-12)19(21)22/h4-11H,3H2,1-2H3,(H,17,20). The summed E-state index contributed by atoms with van der Waals surface area (Å²) in [5.41, 5.74) is 0.904. The van der Waals surface area contributed by atoms with E-state index in [1.54, 1.807) is 24.3 Å². The Kier molecular flexibility index (Phi) is 5.14. The first-order valence-electron chi connectivity index (χ1n) is 7.02. The van der Waals surface area contributed by atoms with Gasteiger partial charge in [0.1, 0.15) is 5.75 Å². The number of urea groups is 1. The molecule has 0 aliphatic heterocycles. The zero-order valence-electron chi connectivity index (χ0n) is 12.9. The molecule has 0 radical (unpaired) electrons. The third-order valence-electron chi connectivity index (χ3n) is 3.25. The highest BCUT2D eigenvalue weighted by Gasteiger charge is 2.18. The third-order valence-corrected chi connectivity index (χ3v) is 3.25. The minimum Gasteiger partial charge on any atom is -0.495 e. The Morgan fingerprint density at radius 1 is 1.26 bits per heavy atom. The molecule has 0 heterocycles. The van der Waals surface area contributed by atoms with Gasteiger partial charge in [-0.25, -0.2) is 4.79 Å². The Bertz CT molecular complexity index is 718. The van der Waals surface area contributed by atoms with Crippen LogP contribution in [-0.4, -0.2) is 24.6 Å². The maximum absolute atomic E-state index is 12.5. The summed E-state index contributed by atoms with van der Waals surface area (Å²) in [6.45, 7) is 2.25. The van der Waals surface area contributed by atoms with Crippen LogP contribution in [0, 0.1) is 10.1 Å². The van der Waals surface area contributed by atoms with Gasteiger partial charge in [0.25, 0.3) is 5.69 Å². The summed E-state index contributed by atoms with van der Waals surface area (Å²) >= 11 is 0. The minimum atomic E-state index is -0.506. The number of nitro benzene ring substituents is 1. The number of anilines is 2. The van der Waals surface area contributed by atoms with Crippen molar-refractivity contribution in [2.24, 2.45) is 0 Å². The van der Waals surface area contributed by atoms with Crippen molar-refractivity contribution in [1.29, 1.82) is 0 Å². The van der Waals surface area contributed by atoms with Crippen molar-refractivity contribution < 1.29 is 14.5 Å². The number of amides is 2. The maximum Gasteiger partial charge on any atom is 0.326 e. The summed E-state index contributed by atoms with van der Waals surface area (Å²) in [5, 5.41) is 13.5. The number of nitrogens with one attached hydrogen (secondary N) is 1. The van der Waals surface area contributed by atoms with Crippen LogP contribution in [0.4, 0.5) is 21.9 Å². The molecular weight excluding hydrogens is 298 g/mol. The van der Waals surface area contributed by atoms with Crippen LogP contribution in [0.15, 0.2) is 48.5 Å². The quantitative estimate of drug-likeness (QED) is 0.674. The van der Waals surface area contributed by atoms with Gasteiger partial charge >= 0.3 is 6.03 Å². The van der Waals surface area contributed by atoms with Crippen LogP contribution in [0.2, 0.25) is 0 Å². The normalized spacial score (nSPS) is 10.0. The molecule has 2 rings (SSSR count). The molecular formula is C16H17N3O4. The molecule has 0 aliphatic rings. The van der Waals surface area contributed by atoms with Gasteiger partial charge in [0.15, 0.2) is 0 Å². The molecule has 0 spiro atoms. The largest absolute Gasteiger partial charge is 0.495 e. The van der Waals surface area contributed by atoms with Crippen molar-refractivity contribution in [1.82, 2.24) is 0 Å². The summed E-state index contributed by atoms with van der Waals surface area (Å²) in [6, 6.07) is 12.6. The molecule has 0 saturated heterocycles. The lowest BCUT2D eigenvalue weighted by molar-refractivity contribution is -0.384. The van der Waals surface area contributed by atoms with Crippen molar-refractivity contribution >= 4 is 23.1 Å². The van der Waals surface area contributed by atoms with Crippen molar-refractivity contribution in [3.05, 3.63) is 58.6 Å². The molecule has 1 N–H and O–H groups in total. The minimum absolute atomic E-state index is 0.0804. The number of methoxy groups -OCH3 is 1. The van der Waals surface area contributed by atoms with E-state index in [4.69, 9.17) is 4.74 Å². The summed E-state index contributed by atoms with van der Waals surface area (Å²) in [6.07, 6.45) is 0. The summed E-state index contributed by atoms with van der Waals surface area (Å²) in [4.78, 5) is 24.3. The number of rotatable bonds is 5. The number of nitro groups is 1. The van der Waals surface area contributed by atoms with Gasteiger partial charge in [-0.2, -0.15) is 0 Å². The lowest BCUT2D eigenvalue weighted by atomic mass is 10.2. The van der Waals surface area contributed by atoms with E-state index >= 15 is 0 Å². The number of hydrogen-bond acceptors (Lipinski definition) is 4. The molecule has 0 unspecified atom stereocenters. The van der Waals surface area contributed by atoms with Crippen LogP contribution >= 0.6 is 0 Å². The molecule has 0 aliphatic carbocycles. The smallest absolute Gasteiger partial charge is 0.326 e. The monoisotopic (exact) mass is 315 g/mol. The highest BCUT2D eigenvalue weighted by Crippen LogP contribution is 2.28. The highest BCUT2D eigenvalue weighted by molar-refractivity contribution is 6.02. The average Bonchev–Trinajstić information content (AvgIpc) is 2.56. The number of para-hydroxylation sites is 2. The van der Waals surface area contributed by atoms with Crippen LogP contribution in [0.3, 0.4) is 0 Å². The van der Waals surface area contributed by atoms with Gasteiger partial charge in [0.2, 0.25) is 0 Å². The van der Waals surface area contributed by atoms with Gasteiger partial charge in [-0.3, -0.25) is 15.0 Å². The van der Waals surface area contributed by atoms with Crippen LogP contribution < -0.4 is 15.0 Å². The number of hydrogen-bond donors (Lipinski definition) is 1. The molecule has 0 saturated carbocycles. The molecule has 0 aromatic heterocycles. The SMILES string of the molecule is CCN(C(=O)Nc1cccc([N+](=O)[O-])c1)c1ccccc1OC. The van der Waals surface area contributed by atoms with Gasteiger partial charge in [-0.15, -0.1) is 0 Å². The number of carbonyl (C=O) groups is 1. The van der Waals surface area contributed by atoms with Crippen LogP contribution in [0.25, 0.3) is 0 Å². The molecule has 2 aromatic rings. The molecule has 7 nitrogen and oxygen atoms in total. The Morgan fingerprint density at radius 3 is 2.65 bits per heavy atom. The molecule has 7 heteroatoms. The first kappa shape index (κ1) is 16.3. The second-order valence-corrected chi connectivity index (χ2v) is 4.65. The highest BCUT2D eigenvalue weighted by atomic mass is 16.6. The fourth-order valence-electron chi connectivity index (χ4n) is 2.16. The number of carbonyl (C=O) groups excluding carboxylic acids is 1. The van der Waals surface area contributed by atoms with Crippen LogP contribution in [0.5, 0.6) is 5.75 Å². The van der Waals surface area contributed by atoms with E-state index in [1.807, 2.05) is 13.0 Å². The predicted octanol–water partition coefficient (Wildman–Crippen LogP) is 3.66. The summed E-state index contributed by atoms with van der Waals surface area (Å²) < 4.78 is 5.27. The summed E-state index contributed by atoms with van der Waals surface area (Å²) in [7, 11) is 1.53. The van der Waals surface area contributed by atoms with E-state index in [0.29, 0.717) is 23.7 Å². The molecule has 2 amide bonds. The van der Waals surface area contributed by atoms with Gasteiger partial charge in [-0.1, -0.05) is 18.2 Å². The van der Waals surface area contributed by atoms with Crippen molar-refractivity contribution in [3.8, 4) is 5.75 Å². The Hall–Kier alpha value is -3.09. The fraction of sp³-hybridized carbons (Fsp3) is 0.188. The molecule has 0 fully saturated rings. The van der Waals surface area contributed by atoms with Crippen LogP contribution in [0.1, 0.15) is 6.92 Å². The number of nitrogens with zero attached hydrogens (tertiary/aromatic N) is 2. The summed E-state index contributed by atoms with van der Waals surface area (Å²) in [5.74, 6) is 0.573. The molecule has 23 heavy (non-hydrogen) atoms. The Morgan fingerprint density at radius 2 is 2.00 bits per heavy atom. The maximum atomic E-state index is 12.5. The van der Waals surface area contributed by atoms with Crippen molar-refractivity contribution in [3.63, 3.8) is 0 Å². The van der Waals surface area contributed by atoms with Gasteiger partial charge in [0.05, 0.1) is 17.7 Å². The second kappa shape index (κ2) is 7.26. The molecule has 2 aromatic carbocycles. The van der Waals surface area contributed by atoms with Crippen molar-refractivity contribution in [2.75, 3.05) is 23.9 Å². The predicted molar refractivity (Wildman–Crippen MR) is 88.1 cm³/mol. The number of non-ortho nitro benzene ring substituents is 1. The number of benzene rings is 2. The van der Waals surface area contributed by atoms with Gasteiger partial charge in [-0.05, 0) is 25.1 Å². The lowest BCUT2D eigenvalue weighted by Gasteiger charge is -2.23. The average molecular weight is 315 g/mol. The zero-order valence-corrected chi connectivity index (χ0v) is 12.9. The Balaban J connectivity index is 2.24. The second-order valence-electron chi connectivity index (χ2n) is 4.65. The zero-order chi connectivity index (χ0) is 16.8. The fourth-order valence-corrected chi connectivity index (χ4v) is 2.16. The lowest BCUT2D eigenvalue weighted by Crippen LogP contribution is -2.35. The van der Waals surface area contributed by atoms with E-state index in [1.165, 1.54) is 30.2 Å². The number of ether oxygens (including phenoxy) is 1.